The predicted octanol–water partition coefficient (Wildman–Crippen LogP) is 2.50. The summed E-state index contributed by atoms with van der Waals surface area (Å²) in [5, 5.41) is 3.36. The van der Waals surface area contributed by atoms with Gasteiger partial charge in [-0.1, -0.05) is 41.9 Å². The highest BCUT2D eigenvalue weighted by molar-refractivity contribution is 6.32. The van der Waals surface area contributed by atoms with Gasteiger partial charge in [-0.05, 0) is 24.3 Å². The molecule has 1 heterocycles. The van der Waals surface area contributed by atoms with Crippen molar-refractivity contribution in [3.05, 3.63) is 59.6 Å². The Kier molecular flexibility index (Phi) is 6.68. The molecule has 27 heavy (non-hydrogen) atoms. The van der Waals surface area contributed by atoms with Crippen LogP contribution in [0.1, 0.15) is 0 Å². The summed E-state index contributed by atoms with van der Waals surface area (Å²) < 4.78 is 5.51. The Morgan fingerprint density at radius 3 is 2.33 bits per heavy atom. The third kappa shape index (κ3) is 5.70. The lowest BCUT2D eigenvalue weighted by atomic mass is 10.3. The number of carbonyl (C=O) groups excluding carboxylic acids is 2. The van der Waals surface area contributed by atoms with Gasteiger partial charge in [-0.3, -0.25) is 14.5 Å². The molecule has 1 saturated heterocycles. The van der Waals surface area contributed by atoms with Crippen LogP contribution < -0.4 is 10.1 Å². The maximum Gasteiger partial charge on any atom is 0.260 e. The monoisotopic (exact) mass is 387 g/mol. The van der Waals surface area contributed by atoms with Gasteiger partial charge in [-0.25, -0.2) is 0 Å². The van der Waals surface area contributed by atoms with E-state index >= 15 is 0 Å². The Morgan fingerprint density at radius 1 is 0.963 bits per heavy atom. The molecule has 0 atom stereocenters. The van der Waals surface area contributed by atoms with Crippen molar-refractivity contribution in [2.24, 2.45) is 0 Å². The first kappa shape index (κ1) is 19.2. The molecule has 0 aliphatic carbocycles. The van der Waals surface area contributed by atoms with Crippen molar-refractivity contribution in [2.45, 2.75) is 0 Å². The average molecular weight is 388 g/mol. The lowest BCUT2D eigenvalue weighted by Gasteiger charge is -2.34. The van der Waals surface area contributed by atoms with Gasteiger partial charge in [-0.15, -0.1) is 0 Å². The molecule has 2 amide bonds. The number of ether oxygens (including phenoxy) is 1. The number of benzene rings is 2. The summed E-state index contributed by atoms with van der Waals surface area (Å²) in [5.74, 6) is 0.370. The quantitative estimate of drug-likeness (QED) is 0.827. The van der Waals surface area contributed by atoms with Crippen LogP contribution in [0.25, 0.3) is 0 Å². The van der Waals surface area contributed by atoms with Crippen molar-refractivity contribution < 1.29 is 14.3 Å². The van der Waals surface area contributed by atoms with E-state index in [9.17, 15) is 9.59 Å². The minimum absolute atomic E-state index is 0.0434. The number of rotatable bonds is 6. The van der Waals surface area contributed by atoms with Crippen molar-refractivity contribution in [1.82, 2.24) is 9.80 Å². The topological polar surface area (TPSA) is 61.9 Å². The van der Waals surface area contributed by atoms with Crippen molar-refractivity contribution in [2.75, 3.05) is 44.6 Å². The van der Waals surface area contributed by atoms with Gasteiger partial charge in [-0.2, -0.15) is 0 Å². The van der Waals surface area contributed by atoms with E-state index in [1.54, 1.807) is 17.0 Å². The fraction of sp³-hybridized carbons (Fsp3) is 0.300. The number of para-hydroxylation sites is 2. The molecule has 142 valence electrons. The van der Waals surface area contributed by atoms with E-state index in [2.05, 4.69) is 5.32 Å². The number of hydrogen-bond acceptors (Lipinski definition) is 4. The molecule has 2 aromatic carbocycles. The number of hydrogen-bond donors (Lipinski definition) is 1. The summed E-state index contributed by atoms with van der Waals surface area (Å²) in [4.78, 5) is 28.2. The highest BCUT2D eigenvalue weighted by atomic mass is 35.5. The third-order valence-corrected chi connectivity index (χ3v) is 4.65. The van der Waals surface area contributed by atoms with E-state index in [1.807, 2.05) is 47.4 Å². The lowest BCUT2D eigenvalue weighted by Crippen LogP contribution is -2.51. The Labute approximate surface area is 163 Å². The van der Waals surface area contributed by atoms with E-state index in [0.717, 1.165) is 5.69 Å². The van der Waals surface area contributed by atoms with Crippen LogP contribution in [0, 0.1) is 0 Å². The highest BCUT2D eigenvalue weighted by Crippen LogP contribution is 2.23. The molecule has 1 aliphatic heterocycles. The van der Waals surface area contributed by atoms with Gasteiger partial charge < -0.3 is 15.0 Å². The third-order valence-electron chi connectivity index (χ3n) is 4.34. The summed E-state index contributed by atoms with van der Waals surface area (Å²) in [5.41, 5.74) is 0.785. The highest BCUT2D eigenvalue weighted by Gasteiger charge is 2.22. The second-order valence-electron chi connectivity index (χ2n) is 6.29. The van der Waals surface area contributed by atoms with E-state index in [1.165, 1.54) is 0 Å². The van der Waals surface area contributed by atoms with Crippen LogP contribution in [0.3, 0.4) is 0 Å². The van der Waals surface area contributed by atoms with Crippen LogP contribution >= 0.6 is 11.6 Å². The molecule has 0 bridgehead atoms. The minimum Gasteiger partial charge on any atom is -0.482 e. The van der Waals surface area contributed by atoms with Crippen molar-refractivity contribution in [3.63, 3.8) is 0 Å². The van der Waals surface area contributed by atoms with E-state index in [4.69, 9.17) is 16.3 Å². The Hall–Kier alpha value is -2.57. The van der Waals surface area contributed by atoms with E-state index in [0.29, 0.717) is 43.5 Å². The maximum absolute atomic E-state index is 12.3. The average Bonchev–Trinajstić information content (AvgIpc) is 2.68. The summed E-state index contributed by atoms with van der Waals surface area (Å²) in [6.07, 6.45) is 0. The first-order chi connectivity index (χ1) is 13.1. The Morgan fingerprint density at radius 2 is 1.63 bits per heavy atom. The summed E-state index contributed by atoms with van der Waals surface area (Å²) in [6, 6.07) is 16.5. The molecule has 2 aromatic rings. The van der Waals surface area contributed by atoms with Crippen LogP contribution in [-0.2, 0) is 9.59 Å². The van der Waals surface area contributed by atoms with Crippen LogP contribution in [0.2, 0.25) is 5.02 Å². The van der Waals surface area contributed by atoms with E-state index < -0.39 is 0 Å². The van der Waals surface area contributed by atoms with Gasteiger partial charge in [0.05, 0.1) is 11.6 Å². The molecule has 0 radical (unpaired) electrons. The molecule has 0 spiro atoms. The molecular weight excluding hydrogens is 366 g/mol. The molecule has 0 aromatic heterocycles. The maximum atomic E-state index is 12.3. The van der Waals surface area contributed by atoms with Crippen LogP contribution in [0.4, 0.5) is 5.69 Å². The first-order valence-electron chi connectivity index (χ1n) is 8.84. The van der Waals surface area contributed by atoms with Gasteiger partial charge >= 0.3 is 0 Å². The zero-order valence-corrected chi connectivity index (χ0v) is 15.7. The fourth-order valence-electron chi connectivity index (χ4n) is 2.87. The van der Waals surface area contributed by atoms with Gasteiger partial charge in [0.2, 0.25) is 5.91 Å². The number of piperazine rings is 1. The summed E-state index contributed by atoms with van der Waals surface area (Å²) >= 11 is 6.02. The van der Waals surface area contributed by atoms with Crippen LogP contribution in [0.15, 0.2) is 54.6 Å². The van der Waals surface area contributed by atoms with Crippen molar-refractivity contribution >= 4 is 29.1 Å². The van der Waals surface area contributed by atoms with Crippen molar-refractivity contribution in [1.29, 1.82) is 0 Å². The molecule has 3 rings (SSSR count). The zero-order chi connectivity index (χ0) is 19.1. The molecular formula is C20H22ClN3O3. The number of amides is 2. The SMILES string of the molecule is O=C(CN1CCN(C(=O)COc2ccccc2Cl)CC1)Nc1ccccc1. The van der Waals surface area contributed by atoms with Gasteiger partial charge in [0.15, 0.2) is 6.61 Å². The molecule has 0 saturated carbocycles. The minimum atomic E-state index is -0.0803. The Bertz CT molecular complexity index is 777. The van der Waals surface area contributed by atoms with Crippen LogP contribution in [0.5, 0.6) is 5.75 Å². The van der Waals surface area contributed by atoms with Crippen molar-refractivity contribution in [3.8, 4) is 5.75 Å². The smallest absolute Gasteiger partial charge is 0.260 e. The lowest BCUT2D eigenvalue weighted by molar-refractivity contribution is -0.135. The summed E-state index contributed by atoms with van der Waals surface area (Å²) in [7, 11) is 0. The molecule has 1 N–H and O–H groups in total. The number of anilines is 1. The van der Waals surface area contributed by atoms with Gasteiger partial charge in [0.1, 0.15) is 5.75 Å². The van der Waals surface area contributed by atoms with E-state index in [-0.39, 0.29) is 18.4 Å². The molecule has 0 unspecified atom stereocenters. The predicted molar refractivity (Wildman–Crippen MR) is 105 cm³/mol. The molecule has 1 aliphatic rings. The zero-order valence-electron chi connectivity index (χ0n) is 14.9. The van der Waals surface area contributed by atoms with Gasteiger partial charge in [0, 0.05) is 31.9 Å². The molecule has 1 fully saturated rings. The fourth-order valence-corrected chi connectivity index (χ4v) is 3.06. The standard InChI is InChI=1S/C20H22ClN3O3/c21-17-8-4-5-9-18(17)27-15-20(26)24-12-10-23(11-13-24)14-19(25)22-16-6-2-1-3-7-16/h1-9H,10-15H2,(H,22,25). The number of carbonyl (C=O) groups is 2. The summed E-state index contributed by atoms with van der Waals surface area (Å²) in [6.45, 7) is 2.72. The van der Waals surface area contributed by atoms with Gasteiger partial charge in [0.25, 0.3) is 5.91 Å². The van der Waals surface area contributed by atoms with Crippen LogP contribution in [-0.4, -0.2) is 60.9 Å². The molecule has 7 heteroatoms. The number of nitrogens with zero attached hydrogens (tertiary/aromatic N) is 2. The largest absolute Gasteiger partial charge is 0.482 e. The Balaban J connectivity index is 1.40. The number of halogens is 1. The second kappa shape index (κ2) is 9.39. The second-order valence-corrected chi connectivity index (χ2v) is 6.70. The number of nitrogens with one attached hydrogen (secondary N) is 1. The normalized spacial score (nSPS) is 14.6. The first-order valence-corrected chi connectivity index (χ1v) is 9.22. The molecule has 6 nitrogen and oxygen atoms in total.